The average molecular weight is 369 g/mol. The Kier molecular flexibility index (Phi) is 4.30. The second-order valence-electron chi connectivity index (χ2n) is 8.81. The Labute approximate surface area is 162 Å². The topological polar surface area (TPSA) is 40.1 Å². The van der Waals surface area contributed by atoms with Gasteiger partial charge in [-0.25, -0.2) is 0 Å². The van der Waals surface area contributed by atoms with E-state index < -0.39 is 0 Å². The molecule has 1 N–H and O–H groups in total. The van der Waals surface area contributed by atoms with Crippen molar-refractivity contribution in [3.05, 3.63) is 29.8 Å². The maximum absolute atomic E-state index is 6.07. The summed E-state index contributed by atoms with van der Waals surface area (Å²) in [4.78, 5) is 9.60. The first kappa shape index (κ1) is 17.4. The van der Waals surface area contributed by atoms with E-state index in [1.54, 1.807) is 0 Å². The summed E-state index contributed by atoms with van der Waals surface area (Å²) in [7, 11) is 1.93. The molecule has 0 bridgehead atoms. The number of anilines is 1. The Bertz CT molecular complexity index is 721. The van der Waals surface area contributed by atoms with Crippen molar-refractivity contribution in [2.45, 2.75) is 44.8 Å². The second kappa shape index (κ2) is 6.69. The van der Waals surface area contributed by atoms with Gasteiger partial charge in [0.15, 0.2) is 5.96 Å². The van der Waals surface area contributed by atoms with Gasteiger partial charge >= 0.3 is 0 Å². The second-order valence-corrected chi connectivity index (χ2v) is 8.81. The summed E-state index contributed by atoms with van der Waals surface area (Å²) in [5, 5.41) is 3.88. The molecule has 2 aliphatic carbocycles. The van der Waals surface area contributed by atoms with Gasteiger partial charge in [0.05, 0.1) is 6.10 Å². The molecule has 1 aromatic rings. The van der Waals surface area contributed by atoms with Gasteiger partial charge in [-0.15, -0.1) is 0 Å². The van der Waals surface area contributed by atoms with Gasteiger partial charge in [-0.2, -0.15) is 0 Å². The molecule has 5 heteroatoms. The molecule has 3 unspecified atom stereocenters. The van der Waals surface area contributed by atoms with Crippen LogP contribution in [0.15, 0.2) is 29.3 Å². The Morgan fingerprint density at radius 3 is 2.70 bits per heavy atom. The zero-order valence-corrected chi connectivity index (χ0v) is 16.7. The first-order valence-corrected chi connectivity index (χ1v) is 10.6. The van der Waals surface area contributed by atoms with Crippen LogP contribution in [0, 0.1) is 18.3 Å². The zero-order valence-electron chi connectivity index (χ0n) is 16.7. The Morgan fingerprint density at radius 1 is 1.22 bits per heavy atom. The Morgan fingerprint density at radius 2 is 2.04 bits per heavy atom. The number of rotatable bonds is 2. The minimum absolute atomic E-state index is 0.403. The van der Waals surface area contributed by atoms with Crippen LogP contribution in [-0.2, 0) is 4.74 Å². The monoisotopic (exact) mass is 368 g/mol. The standard InChI is InChI=1S/C22H32N4O/c1-16-5-3-6-17(15-16)25-10-12-26(13-11-25)21(23-2)24-19-18-7-14-27-20(18)22(19)8-4-9-22/h3,5-6,15,18-20H,4,7-14H2,1-2H3,(H,23,24). The number of ether oxygens (including phenoxy) is 1. The molecule has 146 valence electrons. The third-order valence-electron chi connectivity index (χ3n) is 7.48. The number of fused-ring (bicyclic) bond motifs is 2. The van der Waals surface area contributed by atoms with Crippen molar-refractivity contribution >= 4 is 11.6 Å². The molecule has 2 aliphatic heterocycles. The highest BCUT2D eigenvalue weighted by Gasteiger charge is 2.66. The lowest BCUT2D eigenvalue weighted by atomic mass is 9.46. The van der Waals surface area contributed by atoms with E-state index in [1.807, 2.05) is 7.05 Å². The van der Waals surface area contributed by atoms with Crippen molar-refractivity contribution < 1.29 is 4.74 Å². The van der Waals surface area contributed by atoms with E-state index in [1.165, 1.54) is 36.9 Å². The molecule has 5 rings (SSSR count). The molecule has 2 saturated heterocycles. The van der Waals surface area contributed by atoms with Crippen LogP contribution in [0.4, 0.5) is 5.69 Å². The number of hydrogen-bond donors (Lipinski definition) is 1. The maximum Gasteiger partial charge on any atom is 0.194 e. The Balaban J connectivity index is 1.22. The van der Waals surface area contributed by atoms with Crippen LogP contribution >= 0.6 is 0 Å². The van der Waals surface area contributed by atoms with Crippen LogP contribution < -0.4 is 10.2 Å². The van der Waals surface area contributed by atoms with Crippen LogP contribution in [0.3, 0.4) is 0 Å². The lowest BCUT2D eigenvalue weighted by Crippen LogP contribution is -2.73. The minimum atomic E-state index is 0.403. The molecular weight excluding hydrogens is 336 g/mol. The highest BCUT2D eigenvalue weighted by atomic mass is 16.5. The van der Waals surface area contributed by atoms with Crippen molar-refractivity contribution in [2.75, 3.05) is 44.7 Å². The van der Waals surface area contributed by atoms with Crippen molar-refractivity contribution in [2.24, 2.45) is 16.3 Å². The maximum atomic E-state index is 6.07. The summed E-state index contributed by atoms with van der Waals surface area (Å²) in [5.74, 6) is 1.79. The van der Waals surface area contributed by atoms with Crippen LogP contribution in [-0.4, -0.2) is 62.8 Å². The quantitative estimate of drug-likeness (QED) is 0.644. The predicted octanol–water partition coefficient (Wildman–Crippen LogP) is 2.65. The summed E-state index contributed by atoms with van der Waals surface area (Å²) in [5.41, 5.74) is 3.08. The van der Waals surface area contributed by atoms with Gasteiger partial charge in [0.1, 0.15) is 0 Å². The van der Waals surface area contributed by atoms with Crippen LogP contribution in [0.2, 0.25) is 0 Å². The molecule has 2 saturated carbocycles. The molecule has 1 spiro atoms. The zero-order chi connectivity index (χ0) is 18.4. The van der Waals surface area contributed by atoms with Gasteiger partial charge < -0.3 is 19.9 Å². The van der Waals surface area contributed by atoms with Crippen molar-refractivity contribution in [1.29, 1.82) is 0 Å². The molecule has 1 aromatic carbocycles. The summed E-state index contributed by atoms with van der Waals surface area (Å²) in [6.45, 7) is 7.27. The molecule has 4 aliphatic rings. The number of piperazine rings is 1. The molecule has 5 nitrogen and oxygen atoms in total. The van der Waals surface area contributed by atoms with Gasteiger partial charge in [-0.3, -0.25) is 4.99 Å². The molecule has 27 heavy (non-hydrogen) atoms. The number of guanidine groups is 1. The number of aliphatic imine (C=N–C) groups is 1. The summed E-state index contributed by atoms with van der Waals surface area (Å²) < 4.78 is 6.07. The van der Waals surface area contributed by atoms with Crippen LogP contribution in [0.1, 0.15) is 31.2 Å². The number of nitrogens with one attached hydrogen (secondary N) is 1. The predicted molar refractivity (Wildman–Crippen MR) is 109 cm³/mol. The van der Waals surface area contributed by atoms with E-state index in [9.17, 15) is 0 Å². The lowest BCUT2D eigenvalue weighted by Gasteiger charge is -2.63. The van der Waals surface area contributed by atoms with E-state index in [0.29, 0.717) is 23.5 Å². The van der Waals surface area contributed by atoms with Gasteiger partial charge in [0, 0.05) is 62.9 Å². The van der Waals surface area contributed by atoms with Crippen LogP contribution in [0.25, 0.3) is 0 Å². The van der Waals surface area contributed by atoms with Gasteiger partial charge in [-0.05, 0) is 43.9 Å². The van der Waals surface area contributed by atoms with Gasteiger partial charge in [0.2, 0.25) is 0 Å². The molecule has 2 heterocycles. The fraction of sp³-hybridized carbons (Fsp3) is 0.682. The van der Waals surface area contributed by atoms with Crippen molar-refractivity contribution in [3.63, 3.8) is 0 Å². The van der Waals surface area contributed by atoms with E-state index >= 15 is 0 Å². The average Bonchev–Trinajstić information content (AvgIpc) is 3.06. The third-order valence-corrected chi connectivity index (χ3v) is 7.48. The first-order valence-electron chi connectivity index (χ1n) is 10.6. The molecule has 0 amide bonds. The fourth-order valence-electron chi connectivity index (χ4n) is 5.89. The first-order chi connectivity index (χ1) is 13.2. The highest BCUT2D eigenvalue weighted by Crippen LogP contribution is 2.62. The SMILES string of the molecule is CN=C(NC1C2CCOC2C12CCC2)N1CCN(c2cccc(C)c2)CC1. The van der Waals surface area contributed by atoms with Crippen molar-refractivity contribution in [1.82, 2.24) is 10.2 Å². The number of benzene rings is 1. The van der Waals surface area contributed by atoms with E-state index in [0.717, 1.165) is 38.7 Å². The summed E-state index contributed by atoms with van der Waals surface area (Å²) >= 11 is 0. The summed E-state index contributed by atoms with van der Waals surface area (Å²) in [6, 6.07) is 9.40. The number of aryl methyl sites for hydroxylation is 1. The van der Waals surface area contributed by atoms with Crippen LogP contribution in [0.5, 0.6) is 0 Å². The largest absolute Gasteiger partial charge is 0.377 e. The number of hydrogen-bond acceptors (Lipinski definition) is 3. The molecular formula is C22H32N4O. The molecule has 3 atom stereocenters. The highest BCUT2D eigenvalue weighted by molar-refractivity contribution is 5.81. The van der Waals surface area contributed by atoms with Gasteiger partial charge in [0.25, 0.3) is 0 Å². The van der Waals surface area contributed by atoms with E-state index in [4.69, 9.17) is 4.74 Å². The van der Waals surface area contributed by atoms with E-state index in [-0.39, 0.29) is 0 Å². The molecule has 4 fully saturated rings. The Hall–Kier alpha value is -1.75. The van der Waals surface area contributed by atoms with E-state index in [2.05, 4.69) is 51.3 Å². The summed E-state index contributed by atoms with van der Waals surface area (Å²) in [6.07, 6.45) is 5.73. The molecule has 0 radical (unpaired) electrons. The fourth-order valence-corrected chi connectivity index (χ4v) is 5.89. The van der Waals surface area contributed by atoms with Gasteiger partial charge in [-0.1, -0.05) is 18.6 Å². The van der Waals surface area contributed by atoms with Crippen molar-refractivity contribution in [3.8, 4) is 0 Å². The smallest absolute Gasteiger partial charge is 0.194 e. The molecule has 0 aromatic heterocycles. The number of nitrogens with zero attached hydrogens (tertiary/aromatic N) is 3. The lowest BCUT2D eigenvalue weighted by molar-refractivity contribution is -0.171. The normalized spacial score (nSPS) is 32.1. The third kappa shape index (κ3) is 2.74. The minimum Gasteiger partial charge on any atom is -0.377 e.